The number of methoxy groups -OCH3 is 1. The average Bonchev–Trinajstić information content (AvgIpc) is 3.24. The van der Waals surface area contributed by atoms with Gasteiger partial charge in [-0.1, -0.05) is 6.07 Å². The SMILES string of the molecule is CN=C(NCCN1CCOCC1)NCc1ccc(OC)c(OC2CCCC2)c1. The van der Waals surface area contributed by atoms with Crippen molar-refractivity contribution in [3.8, 4) is 11.5 Å². The van der Waals surface area contributed by atoms with E-state index >= 15 is 0 Å². The highest BCUT2D eigenvalue weighted by Gasteiger charge is 2.18. The van der Waals surface area contributed by atoms with Crippen molar-refractivity contribution in [2.24, 2.45) is 4.99 Å². The predicted octanol–water partition coefficient (Wildman–Crippen LogP) is 2.01. The fourth-order valence-corrected chi connectivity index (χ4v) is 3.67. The van der Waals surface area contributed by atoms with E-state index < -0.39 is 0 Å². The molecule has 1 heterocycles. The maximum absolute atomic E-state index is 6.19. The number of morpholine rings is 1. The first-order chi connectivity index (χ1) is 13.8. The molecule has 1 saturated heterocycles. The first kappa shape index (κ1) is 20.7. The molecule has 3 rings (SSSR count). The minimum atomic E-state index is 0.312. The molecule has 0 bridgehead atoms. The largest absolute Gasteiger partial charge is 0.493 e. The van der Waals surface area contributed by atoms with Gasteiger partial charge in [-0.25, -0.2) is 0 Å². The topological polar surface area (TPSA) is 67.4 Å². The van der Waals surface area contributed by atoms with E-state index in [-0.39, 0.29) is 0 Å². The van der Waals surface area contributed by atoms with Gasteiger partial charge in [-0.05, 0) is 43.4 Å². The van der Waals surface area contributed by atoms with Crippen LogP contribution in [0.3, 0.4) is 0 Å². The van der Waals surface area contributed by atoms with Crippen molar-refractivity contribution >= 4 is 5.96 Å². The van der Waals surface area contributed by atoms with Gasteiger partial charge in [-0.2, -0.15) is 0 Å². The quantitative estimate of drug-likeness (QED) is 0.523. The zero-order valence-electron chi connectivity index (χ0n) is 17.2. The smallest absolute Gasteiger partial charge is 0.191 e. The van der Waals surface area contributed by atoms with E-state index in [4.69, 9.17) is 14.2 Å². The Bertz CT molecular complexity index is 626. The number of guanidine groups is 1. The van der Waals surface area contributed by atoms with Crippen molar-refractivity contribution < 1.29 is 14.2 Å². The molecular formula is C21H34N4O3. The molecule has 0 radical (unpaired) electrons. The van der Waals surface area contributed by atoms with Crippen molar-refractivity contribution in [3.63, 3.8) is 0 Å². The Labute approximate surface area is 168 Å². The number of ether oxygens (including phenoxy) is 3. The van der Waals surface area contributed by atoms with Crippen LogP contribution in [-0.4, -0.2) is 70.5 Å². The third-order valence-electron chi connectivity index (χ3n) is 5.33. The molecule has 28 heavy (non-hydrogen) atoms. The standard InChI is InChI=1S/C21H34N4O3/c1-22-21(23-9-10-25-11-13-27-14-12-25)24-16-17-7-8-19(26-2)20(15-17)28-18-5-3-4-6-18/h7-8,15,18H,3-6,9-14,16H2,1-2H3,(H2,22,23,24). The number of hydrogen-bond donors (Lipinski definition) is 2. The maximum atomic E-state index is 6.19. The van der Waals surface area contributed by atoms with Gasteiger partial charge in [0.2, 0.25) is 0 Å². The Kier molecular flexibility index (Phi) is 8.23. The van der Waals surface area contributed by atoms with Gasteiger partial charge in [0.25, 0.3) is 0 Å². The first-order valence-corrected chi connectivity index (χ1v) is 10.4. The fourth-order valence-electron chi connectivity index (χ4n) is 3.67. The van der Waals surface area contributed by atoms with Crippen LogP contribution < -0.4 is 20.1 Å². The Morgan fingerprint density at radius 2 is 1.96 bits per heavy atom. The zero-order chi connectivity index (χ0) is 19.6. The van der Waals surface area contributed by atoms with Crippen LogP contribution in [0.5, 0.6) is 11.5 Å². The van der Waals surface area contributed by atoms with E-state index in [0.717, 1.165) is 75.3 Å². The maximum Gasteiger partial charge on any atom is 0.191 e. The summed E-state index contributed by atoms with van der Waals surface area (Å²) in [6.45, 7) is 6.20. The molecule has 2 N–H and O–H groups in total. The Morgan fingerprint density at radius 1 is 1.18 bits per heavy atom. The molecule has 156 valence electrons. The van der Waals surface area contributed by atoms with Gasteiger partial charge in [0.15, 0.2) is 17.5 Å². The summed E-state index contributed by atoms with van der Waals surface area (Å²) in [5.74, 6) is 2.44. The van der Waals surface area contributed by atoms with E-state index in [1.165, 1.54) is 12.8 Å². The third kappa shape index (κ3) is 6.27. The number of rotatable bonds is 8. The minimum absolute atomic E-state index is 0.312. The molecule has 7 nitrogen and oxygen atoms in total. The zero-order valence-corrected chi connectivity index (χ0v) is 17.2. The average molecular weight is 391 g/mol. The summed E-state index contributed by atoms with van der Waals surface area (Å²) >= 11 is 0. The van der Waals surface area contributed by atoms with Crippen molar-refractivity contribution in [1.82, 2.24) is 15.5 Å². The van der Waals surface area contributed by atoms with Crippen LogP contribution in [0.1, 0.15) is 31.2 Å². The normalized spacial score (nSPS) is 18.9. The summed E-state index contributed by atoms with van der Waals surface area (Å²) in [6, 6.07) is 6.12. The van der Waals surface area contributed by atoms with Gasteiger partial charge in [0.05, 0.1) is 26.4 Å². The first-order valence-electron chi connectivity index (χ1n) is 10.4. The fraction of sp³-hybridized carbons (Fsp3) is 0.667. The van der Waals surface area contributed by atoms with Gasteiger partial charge in [-0.3, -0.25) is 9.89 Å². The third-order valence-corrected chi connectivity index (χ3v) is 5.33. The summed E-state index contributed by atoms with van der Waals surface area (Å²) in [4.78, 5) is 6.72. The van der Waals surface area contributed by atoms with E-state index in [2.05, 4.69) is 32.7 Å². The van der Waals surface area contributed by atoms with Crippen molar-refractivity contribution in [1.29, 1.82) is 0 Å². The summed E-state index contributed by atoms with van der Waals surface area (Å²) < 4.78 is 17.0. The van der Waals surface area contributed by atoms with Gasteiger partial charge in [0, 0.05) is 39.8 Å². The number of nitrogens with one attached hydrogen (secondary N) is 2. The van der Waals surface area contributed by atoms with E-state index in [9.17, 15) is 0 Å². The second-order valence-electron chi connectivity index (χ2n) is 7.32. The van der Waals surface area contributed by atoms with E-state index in [0.29, 0.717) is 12.6 Å². The van der Waals surface area contributed by atoms with Crippen LogP contribution >= 0.6 is 0 Å². The molecule has 0 unspecified atom stereocenters. The summed E-state index contributed by atoms with van der Waals surface area (Å²) in [6.07, 6.45) is 5.07. The van der Waals surface area contributed by atoms with Crippen molar-refractivity contribution in [2.45, 2.75) is 38.3 Å². The summed E-state index contributed by atoms with van der Waals surface area (Å²) in [7, 11) is 3.49. The molecule has 1 aromatic rings. The molecule has 0 atom stereocenters. The van der Waals surface area contributed by atoms with Gasteiger partial charge in [-0.15, -0.1) is 0 Å². The molecule has 0 aromatic heterocycles. The lowest BCUT2D eigenvalue weighted by Gasteiger charge is -2.26. The van der Waals surface area contributed by atoms with E-state index in [1.54, 1.807) is 14.2 Å². The van der Waals surface area contributed by atoms with Crippen LogP contribution in [-0.2, 0) is 11.3 Å². The summed E-state index contributed by atoms with van der Waals surface area (Å²) in [5, 5.41) is 6.76. The lowest BCUT2D eigenvalue weighted by molar-refractivity contribution is 0.0389. The van der Waals surface area contributed by atoms with Crippen molar-refractivity contribution in [2.75, 3.05) is 53.6 Å². The number of benzene rings is 1. The van der Waals surface area contributed by atoms with Crippen LogP contribution in [0.4, 0.5) is 0 Å². The Hall–Kier alpha value is -1.99. The second kappa shape index (κ2) is 11.1. The molecule has 1 aliphatic carbocycles. The molecule has 7 heteroatoms. The molecule has 0 spiro atoms. The number of hydrogen-bond acceptors (Lipinski definition) is 5. The highest BCUT2D eigenvalue weighted by atomic mass is 16.5. The van der Waals surface area contributed by atoms with Crippen LogP contribution in [0.15, 0.2) is 23.2 Å². The minimum Gasteiger partial charge on any atom is -0.493 e. The summed E-state index contributed by atoms with van der Waals surface area (Å²) in [5.41, 5.74) is 1.14. The second-order valence-corrected chi connectivity index (χ2v) is 7.32. The van der Waals surface area contributed by atoms with Gasteiger partial charge < -0.3 is 24.8 Å². The molecule has 2 fully saturated rings. The molecule has 1 aromatic carbocycles. The Balaban J connectivity index is 1.47. The van der Waals surface area contributed by atoms with E-state index in [1.807, 2.05) is 6.07 Å². The van der Waals surface area contributed by atoms with Crippen molar-refractivity contribution in [3.05, 3.63) is 23.8 Å². The molecule has 1 aliphatic heterocycles. The van der Waals surface area contributed by atoms with Crippen LogP contribution in [0.25, 0.3) is 0 Å². The van der Waals surface area contributed by atoms with Crippen LogP contribution in [0, 0.1) is 0 Å². The number of aliphatic imine (C=N–C) groups is 1. The predicted molar refractivity (Wildman–Crippen MR) is 111 cm³/mol. The lowest BCUT2D eigenvalue weighted by atomic mass is 10.2. The Morgan fingerprint density at radius 3 is 2.68 bits per heavy atom. The molecule has 2 aliphatic rings. The monoisotopic (exact) mass is 390 g/mol. The highest BCUT2D eigenvalue weighted by molar-refractivity contribution is 5.79. The highest BCUT2D eigenvalue weighted by Crippen LogP contribution is 2.32. The van der Waals surface area contributed by atoms with Gasteiger partial charge >= 0.3 is 0 Å². The lowest BCUT2D eigenvalue weighted by Crippen LogP contribution is -2.44. The molecular weight excluding hydrogens is 356 g/mol. The molecule has 0 amide bonds. The van der Waals surface area contributed by atoms with Crippen LogP contribution in [0.2, 0.25) is 0 Å². The van der Waals surface area contributed by atoms with Gasteiger partial charge in [0.1, 0.15) is 0 Å². The number of nitrogens with zero attached hydrogens (tertiary/aromatic N) is 2. The molecule has 1 saturated carbocycles.